The van der Waals surface area contributed by atoms with Gasteiger partial charge in [-0.25, -0.2) is 0 Å². The van der Waals surface area contributed by atoms with Gasteiger partial charge in [-0.05, 0) is 37.8 Å². The summed E-state index contributed by atoms with van der Waals surface area (Å²) in [5.41, 5.74) is 1.13. The van der Waals surface area contributed by atoms with Crippen LogP contribution < -0.4 is 5.32 Å². The van der Waals surface area contributed by atoms with E-state index in [1.54, 1.807) is 25.1 Å². The van der Waals surface area contributed by atoms with E-state index in [2.05, 4.69) is 10.5 Å². The maximum atomic E-state index is 12.5. The standard InChI is InChI=1S/C16H14Cl4N2O2/c1-8-12(15(23)21-6-5-9-7-16(9,19)20)14(22-24-8)13-10(17)3-2-4-11(13)18/h2-4,9H,5-7H2,1H3,(H,21,23)/t9-/m1/s1. The first kappa shape index (κ1) is 17.9. The fraction of sp³-hybridized carbons (Fsp3) is 0.375. The Bertz CT molecular complexity index is 768. The molecule has 24 heavy (non-hydrogen) atoms. The van der Waals surface area contributed by atoms with Crippen molar-refractivity contribution in [1.82, 2.24) is 10.5 Å². The molecule has 8 heteroatoms. The summed E-state index contributed by atoms with van der Waals surface area (Å²) < 4.78 is 4.54. The number of nitrogens with one attached hydrogen (secondary N) is 1. The van der Waals surface area contributed by atoms with Gasteiger partial charge >= 0.3 is 0 Å². The second kappa shape index (κ2) is 6.75. The van der Waals surface area contributed by atoms with E-state index in [0.29, 0.717) is 45.6 Å². The van der Waals surface area contributed by atoms with Crippen molar-refractivity contribution in [2.24, 2.45) is 5.92 Å². The quantitative estimate of drug-likeness (QED) is 0.686. The predicted molar refractivity (Wildman–Crippen MR) is 96.2 cm³/mol. The van der Waals surface area contributed by atoms with Crippen molar-refractivity contribution in [2.45, 2.75) is 24.1 Å². The summed E-state index contributed by atoms with van der Waals surface area (Å²) in [6.07, 6.45) is 1.46. The lowest BCUT2D eigenvalue weighted by Gasteiger charge is -2.08. The second-order valence-electron chi connectivity index (χ2n) is 5.77. The molecule has 0 bridgehead atoms. The molecule has 1 aliphatic carbocycles. The van der Waals surface area contributed by atoms with Crippen molar-refractivity contribution in [3.63, 3.8) is 0 Å². The van der Waals surface area contributed by atoms with Crippen LogP contribution in [-0.4, -0.2) is 21.9 Å². The minimum absolute atomic E-state index is 0.210. The Morgan fingerprint density at radius 3 is 2.58 bits per heavy atom. The molecule has 0 unspecified atom stereocenters. The second-order valence-corrected chi connectivity index (χ2v) is 8.12. The van der Waals surface area contributed by atoms with Gasteiger partial charge in [-0.2, -0.15) is 0 Å². The molecular formula is C16H14Cl4N2O2. The van der Waals surface area contributed by atoms with Gasteiger partial charge in [-0.3, -0.25) is 4.79 Å². The lowest BCUT2D eigenvalue weighted by Crippen LogP contribution is -2.26. The molecule has 1 heterocycles. The smallest absolute Gasteiger partial charge is 0.257 e. The molecule has 1 fully saturated rings. The summed E-state index contributed by atoms with van der Waals surface area (Å²) in [6, 6.07) is 5.09. The van der Waals surface area contributed by atoms with Crippen LogP contribution in [0, 0.1) is 12.8 Å². The summed E-state index contributed by atoms with van der Waals surface area (Å²) >= 11 is 24.4. The van der Waals surface area contributed by atoms with E-state index in [4.69, 9.17) is 50.9 Å². The van der Waals surface area contributed by atoms with Crippen LogP contribution >= 0.6 is 46.4 Å². The third-order valence-electron chi connectivity index (χ3n) is 4.02. The van der Waals surface area contributed by atoms with Crippen molar-refractivity contribution in [1.29, 1.82) is 0 Å². The summed E-state index contributed by atoms with van der Waals surface area (Å²) in [6.45, 7) is 2.13. The number of halogens is 4. The highest BCUT2D eigenvalue weighted by atomic mass is 35.5. The van der Waals surface area contributed by atoms with Crippen LogP contribution in [0.4, 0.5) is 0 Å². The highest BCUT2D eigenvalue weighted by Gasteiger charge is 2.50. The van der Waals surface area contributed by atoms with Gasteiger partial charge in [0.15, 0.2) is 0 Å². The molecule has 1 saturated carbocycles. The van der Waals surface area contributed by atoms with Gasteiger partial charge in [0.25, 0.3) is 5.91 Å². The molecule has 1 aliphatic rings. The summed E-state index contributed by atoms with van der Waals surface area (Å²) in [7, 11) is 0. The van der Waals surface area contributed by atoms with Crippen molar-refractivity contribution in [3.05, 3.63) is 39.6 Å². The Kier molecular flexibility index (Phi) is 5.03. The van der Waals surface area contributed by atoms with Crippen molar-refractivity contribution in [3.8, 4) is 11.3 Å². The Hall–Kier alpha value is -0.940. The topological polar surface area (TPSA) is 55.1 Å². The maximum absolute atomic E-state index is 12.5. The highest BCUT2D eigenvalue weighted by molar-refractivity contribution is 6.50. The molecule has 1 amide bonds. The minimum Gasteiger partial charge on any atom is -0.360 e. The minimum atomic E-state index is -0.645. The van der Waals surface area contributed by atoms with Crippen LogP contribution in [-0.2, 0) is 0 Å². The van der Waals surface area contributed by atoms with E-state index >= 15 is 0 Å². The zero-order chi connectivity index (χ0) is 17.5. The van der Waals surface area contributed by atoms with E-state index in [-0.39, 0.29) is 11.8 Å². The molecule has 0 spiro atoms. The predicted octanol–water partition coefficient (Wildman–Crippen LogP) is 5.27. The maximum Gasteiger partial charge on any atom is 0.257 e. The van der Waals surface area contributed by atoms with Crippen LogP contribution in [0.3, 0.4) is 0 Å². The number of hydrogen-bond acceptors (Lipinski definition) is 3. The van der Waals surface area contributed by atoms with E-state index in [0.717, 1.165) is 6.42 Å². The van der Waals surface area contributed by atoms with Gasteiger partial charge in [0.1, 0.15) is 21.4 Å². The number of aryl methyl sites for hydroxylation is 1. The molecule has 4 nitrogen and oxygen atoms in total. The summed E-state index contributed by atoms with van der Waals surface area (Å²) in [5.74, 6) is 0.311. The van der Waals surface area contributed by atoms with Crippen LogP contribution in [0.25, 0.3) is 11.3 Å². The number of hydrogen-bond donors (Lipinski definition) is 1. The van der Waals surface area contributed by atoms with Gasteiger partial charge in [-0.15, -0.1) is 23.2 Å². The third-order valence-corrected chi connectivity index (χ3v) is 5.58. The number of aromatic nitrogens is 1. The summed E-state index contributed by atoms with van der Waals surface area (Å²) in [5, 5.41) is 7.60. The number of amides is 1. The van der Waals surface area contributed by atoms with Gasteiger partial charge < -0.3 is 9.84 Å². The normalized spacial score (nSPS) is 18.5. The largest absolute Gasteiger partial charge is 0.360 e. The molecule has 1 N–H and O–H groups in total. The molecule has 1 atom stereocenters. The Labute approximate surface area is 159 Å². The van der Waals surface area contributed by atoms with Crippen molar-refractivity contribution in [2.75, 3.05) is 6.54 Å². The number of nitrogens with zero attached hydrogens (tertiary/aromatic N) is 1. The first-order valence-corrected chi connectivity index (χ1v) is 8.89. The van der Waals surface area contributed by atoms with Gasteiger partial charge in [0.2, 0.25) is 0 Å². The first-order chi connectivity index (χ1) is 11.3. The molecular weight excluding hydrogens is 394 g/mol. The van der Waals surface area contributed by atoms with E-state index in [9.17, 15) is 4.79 Å². The highest BCUT2D eigenvalue weighted by Crippen LogP contribution is 2.54. The SMILES string of the molecule is Cc1onc(-c2c(Cl)cccc2Cl)c1C(=O)NCC[C@@H]1CC1(Cl)Cl. The Morgan fingerprint density at radius 2 is 2.00 bits per heavy atom. The molecule has 0 aliphatic heterocycles. The Morgan fingerprint density at radius 1 is 1.38 bits per heavy atom. The van der Waals surface area contributed by atoms with E-state index < -0.39 is 4.33 Å². The number of rotatable bonds is 5. The Balaban J connectivity index is 1.79. The average Bonchev–Trinajstić information content (AvgIpc) is 2.93. The van der Waals surface area contributed by atoms with Crippen LogP contribution in [0.2, 0.25) is 10.0 Å². The molecule has 2 aromatic rings. The lowest BCUT2D eigenvalue weighted by molar-refractivity contribution is 0.0951. The van der Waals surface area contributed by atoms with Gasteiger partial charge in [-0.1, -0.05) is 34.4 Å². The van der Waals surface area contributed by atoms with Crippen LogP contribution in [0.15, 0.2) is 22.7 Å². The summed E-state index contributed by atoms with van der Waals surface area (Å²) in [4.78, 5) is 12.5. The number of benzene rings is 1. The van der Waals surface area contributed by atoms with E-state index in [1.807, 2.05) is 0 Å². The van der Waals surface area contributed by atoms with Crippen LogP contribution in [0.1, 0.15) is 29.0 Å². The zero-order valence-corrected chi connectivity index (χ0v) is 15.7. The third kappa shape index (κ3) is 3.52. The molecule has 1 aromatic heterocycles. The molecule has 128 valence electrons. The van der Waals surface area contributed by atoms with Gasteiger partial charge in [0, 0.05) is 12.1 Å². The van der Waals surface area contributed by atoms with E-state index in [1.165, 1.54) is 0 Å². The molecule has 3 rings (SSSR count). The van der Waals surface area contributed by atoms with Crippen molar-refractivity contribution < 1.29 is 9.32 Å². The molecule has 1 aromatic carbocycles. The number of alkyl halides is 2. The van der Waals surface area contributed by atoms with Crippen molar-refractivity contribution >= 4 is 52.3 Å². The molecule has 0 saturated heterocycles. The first-order valence-electron chi connectivity index (χ1n) is 7.38. The monoisotopic (exact) mass is 406 g/mol. The fourth-order valence-corrected chi connectivity index (χ4v) is 3.73. The van der Waals surface area contributed by atoms with Gasteiger partial charge in [0.05, 0.1) is 10.0 Å². The average molecular weight is 408 g/mol. The zero-order valence-electron chi connectivity index (χ0n) is 12.7. The molecule has 0 radical (unpaired) electrons. The fourth-order valence-electron chi connectivity index (χ4n) is 2.57. The lowest BCUT2D eigenvalue weighted by atomic mass is 10.1. The van der Waals surface area contributed by atoms with Crippen LogP contribution in [0.5, 0.6) is 0 Å². The number of carbonyl (C=O) groups is 1. The number of carbonyl (C=O) groups excluding carboxylic acids is 1.